The molecule has 1 fully saturated rings. The lowest BCUT2D eigenvalue weighted by Gasteiger charge is -2.41. The zero-order valence-corrected chi connectivity index (χ0v) is 17.1. The van der Waals surface area contributed by atoms with E-state index < -0.39 is 0 Å². The third kappa shape index (κ3) is 5.20. The zero-order valence-electron chi connectivity index (χ0n) is 17.1. The number of carbonyl (C=O) groups excluding carboxylic acids is 1. The van der Waals surface area contributed by atoms with Crippen molar-refractivity contribution in [2.45, 2.75) is 39.3 Å². The number of benzene rings is 2. The quantitative estimate of drug-likeness (QED) is 0.738. The van der Waals surface area contributed by atoms with Crippen LogP contribution in [0, 0.1) is 11.3 Å². The Morgan fingerprint density at radius 2 is 1.93 bits per heavy atom. The molecule has 0 saturated carbocycles. The molecular weight excluding hydrogens is 366 g/mol. The van der Waals surface area contributed by atoms with Crippen molar-refractivity contribution in [3.63, 3.8) is 0 Å². The minimum atomic E-state index is -0.0471. The van der Waals surface area contributed by atoms with Gasteiger partial charge in [-0.1, -0.05) is 19.1 Å². The van der Waals surface area contributed by atoms with Crippen molar-refractivity contribution < 1.29 is 14.3 Å². The smallest absolute Gasteiger partial charge is 0.217 e. The predicted octanol–water partition coefficient (Wildman–Crippen LogP) is 3.81. The van der Waals surface area contributed by atoms with Crippen LogP contribution < -0.4 is 19.7 Å². The van der Waals surface area contributed by atoms with E-state index in [1.165, 1.54) is 6.92 Å². The first-order chi connectivity index (χ1) is 14.0. The molecule has 152 valence electrons. The molecular formula is C23H27N3O3. The highest BCUT2D eigenvalue weighted by Gasteiger charge is 2.30. The third-order valence-electron chi connectivity index (χ3n) is 4.85. The van der Waals surface area contributed by atoms with E-state index in [0.717, 1.165) is 42.3 Å². The average Bonchev–Trinajstić information content (AvgIpc) is 2.68. The number of nitriles is 1. The summed E-state index contributed by atoms with van der Waals surface area (Å²) in [5.41, 5.74) is 2.57. The minimum absolute atomic E-state index is 0.0329. The number of rotatable bonds is 8. The Morgan fingerprint density at radius 1 is 1.24 bits per heavy atom. The van der Waals surface area contributed by atoms with E-state index >= 15 is 0 Å². The molecule has 0 spiro atoms. The molecule has 6 heteroatoms. The summed E-state index contributed by atoms with van der Waals surface area (Å²) in [6.45, 7) is 7.62. The highest BCUT2D eigenvalue weighted by molar-refractivity contribution is 5.73. The Bertz CT molecular complexity index is 883. The van der Waals surface area contributed by atoms with Crippen LogP contribution in [0.2, 0.25) is 0 Å². The molecule has 1 aliphatic rings. The Kier molecular flexibility index (Phi) is 6.61. The van der Waals surface area contributed by atoms with E-state index in [2.05, 4.69) is 23.2 Å². The van der Waals surface area contributed by atoms with Crippen LogP contribution in [0.3, 0.4) is 0 Å². The fraction of sp³-hybridized carbons (Fsp3) is 0.391. The van der Waals surface area contributed by atoms with Crippen molar-refractivity contribution in [2.24, 2.45) is 0 Å². The van der Waals surface area contributed by atoms with Crippen LogP contribution in [-0.4, -0.2) is 31.7 Å². The number of amides is 1. The zero-order chi connectivity index (χ0) is 20.8. The number of hydrogen-bond donors (Lipinski definition) is 1. The molecule has 2 aromatic rings. The first-order valence-corrected chi connectivity index (χ1v) is 9.95. The second-order valence-electron chi connectivity index (χ2n) is 7.28. The summed E-state index contributed by atoms with van der Waals surface area (Å²) in [7, 11) is 0. The number of hydrogen-bond acceptors (Lipinski definition) is 5. The molecule has 1 N–H and O–H groups in total. The number of anilines is 1. The lowest BCUT2D eigenvalue weighted by atomic mass is 10.1. The number of ether oxygens (including phenoxy) is 2. The van der Waals surface area contributed by atoms with Gasteiger partial charge in [-0.3, -0.25) is 4.79 Å². The van der Waals surface area contributed by atoms with Gasteiger partial charge in [-0.15, -0.1) is 0 Å². The van der Waals surface area contributed by atoms with Crippen molar-refractivity contribution in [3.8, 4) is 17.6 Å². The summed E-state index contributed by atoms with van der Waals surface area (Å²) < 4.78 is 11.6. The SMILES string of the molecule is CCCOc1ccc(N2CC(Oc3ccc([C@H](C)NC(C)=O)cc3)C2)c(C#N)c1. The van der Waals surface area contributed by atoms with E-state index in [4.69, 9.17) is 9.47 Å². The standard InChI is InChI=1S/C23H27N3O3/c1-4-11-28-21-9-10-23(19(12-21)13-24)26-14-22(15-26)29-20-7-5-18(6-8-20)16(2)25-17(3)27/h5-10,12,16,22H,4,11,14-15H2,1-3H3,(H,25,27)/t16-/m0/s1. The molecule has 1 atom stereocenters. The lowest BCUT2D eigenvalue weighted by Crippen LogP contribution is -2.54. The van der Waals surface area contributed by atoms with Crippen LogP contribution in [0.5, 0.6) is 11.5 Å². The van der Waals surface area contributed by atoms with E-state index in [1.807, 2.05) is 43.3 Å². The van der Waals surface area contributed by atoms with Gasteiger partial charge in [0.25, 0.3) is 0 Å². The highest BCUT2D eigenvalue weighted by Crippen LogP contribution is 2.30. The van der Waals surface area contributed by atoms with Crippen LogP contribution >= 0.6 is 0 Å². The van der Waals surface area contributed by atoms with Crippen molar-refractivity contribution in [2.75, 3.05) is 24.6 Å². The van der Waals surface area contributed by atoms with Crippen molar-refractivity contribution in [3.05, 3.63) is 53.6 Å². The monoisotopic (exact) mass is 393 g/mol. The predicted molar refractivity (Wildman–Crippen MR) is 112 cm³/mol. The van der Waals surface area contributed by atoms with Gasteiger partial charge < -0.3 is 19.7 Å². The fourth-order valence-electron chi connectivity index (χ4n) is 3.32. The second kappa shape index (κ2) is 9.33. The first-order valence-electron chi connectivity index (χ1n) is 9.95. The minimum Gasteiger partial charge on any atom is -0.494 e. The molecule has 1 heterocycles. The molecule has 1 aliphatic heterocycles. The Hall–Kier alpha value is -3.20. The molecule has 3 rings (SSSR count). The summed E-state index contributed by atoms with van der Waals surface area (Å²) in [6.07, 6.45) is 1.01. The van der Waals surface area contributed by atoms with Gasteiger partial charge >= 0.3 is 0 Å². The number of nitrogens with zero attached hydrogens (tertiary/aromatic N) is 2. The largest absolute Gasteiger partial charge is 0.494 e. The molecule has 1 amide bonds. The lowest BCUT2D eigenvalue weighted by molar-refractivity contribution is -0.119. The van der Waals surface area contributed by atoms with Crippen LogP contribution in [0.25, 0.3) is 0 Å². The summed E-state index contributed by atoms with van der Waals surface area (Å²) in [4.78, 5) is 13.3. The maximum Gasteiger partial charge on any atom is 0.217 e. The van der Waals surface area contributed by atoms with Crippen LogP contribution in [0.15, 0.2) is 42.5 Å². The van der Waals surface area contributed by atoms with Crippen molar-refractivity contribution >= 4 is 11.6 Å². The van der Waals surface area contributed by atoms with Gasteiger partial charge in [-0.25, -0.2) is 0 Å². The normalized spacial score (nSPS) is 14.5. The van der Waals surface area contributed by atoms with E-state index in [0.29, 0.717) is 12.2 Å². The van der Waals surface area contributed by atoms with E-state index in [1.54, 1.807) is 6.07 Å². The Morgan fingerprint density at radius 3 is 2.55 bits per heavy atom. The van der Waals surface area contributed by atoms with Crippen LogP contribution in [0.4, 0.5) is 5.69 Å². The number of nitrogens with one attached hydrogen (secondary N) is 1. The Balaban J connectivity index is 1.55. The van der Waals surface area contributed by atoms with E-state index in [-0.39, 0.29) is 18.1 Å². The molecule has 0 aromatic heterocycles. The van der Waals surface area contributed by atoms with Crippen molar-refractivity contribution in [1.82, 2.24) is 5.32 Å². The maximum atomic E-state index is 11.2. The molecule has 6 nitrogen and oxygen atoms in total. The third-order valence-corrected chi connectivity index (χ3v) is 4.85. The molecule has 0 radical (unpaired) electrons. The second-order valence-corrected chi connectivity index (χ2v) is 7.28. The fourth-order valence-corrected chi connectivity index (χ4v) is 3.32. The van der Waals surface area contributed by atoms with Crippen LogP contribution in [0.1, 0.15) is 44.4 Å². The Labute approximate surface area is 172 Å². The van der Waals surface area contributed by atoms with Gasteiger partial charge in [-0.05, 0) is 49.2 Å². The molecule has 0 aliphatic carbocycles. The average molecular weight is 393 g/mol. The van der Waals surface area contributed by atoms with Gasteiger partial charge in [0.1, 0.15) is 23.7 Å². The molecule has 0 unspecified atom stereocenters. The molecule has 2 aromatic carbocycles. The summed E-state index contributed by atoms with van der Waals surface area (Å²) in [6, 6.07) is 15.7. The molecule has 29 heavy (non-hydrogen) atoms. The van der Waals surface area contributed by atoms with Gasteiger partial charge in [-0.2, -0.15) is 5.26 Å². The summed E-state index contributed by atoms with van der Waals surface area (Å²) in [5.74, 6) is 1.49. The first kappa shape index (κ1) is 20.5. The highest BCUT2D eigenvalue weighted by atomic mass is 16.5. The van der Waals surface area contributed by atoms with Gasteiger partial charge in [0, 0.05) is 6.92 Å². The molecule has 1 saturated heterocycles. The number of carbonyl (C=O) groups is 1. The maximum absolute atomic E-state index is 11.2. The summed E-state index contributed by atoms with van der Waals surface area (Å²) in [5, 5.41) is 12.3. The van der Waals surface area contributed by atoms with Gasteiger partial charge in [0.15, 0.2) is 0 Å². The van der Waals surface area contributed by atoms with Crippen LogP contribution in [-0.2, 0) is 4.79 Å². The summed E-state index contributed by atoms with van der Waals surface area (Å²) >= 11 is 0. The van der Waals surface area contributed by atoms with Gasteiger partial charge in [0.05, 0.1) is 37.0 Å². The van der Waals surface area contributed by atoms with E-state index in [9.17, 15) is 10.1 Å². The topological polar surface area (TPSA) is 74.6 Å². The van der Waals surface area contributed by atoms with Crippen molar-refractivity contribution in [1.29, 1.82) is 5.26 Å². The van der Waals surface area contributed by atoms with Gasteiger partial charge in [0.2, 0.25) is 5.91 Å². The molecule has 0 bridgehead atoms.